The highest BCUT2D eigenvalue weighted by Crippen LogP contribution is 2.25. The number of nitrogens with zero attached hydrogens (tertiary/aromatic N) is 3. The minimum Gasteiger partial charge on any atom is -0.424 e. The largest absolute Gasteiger partial charge is 0.424 e. The summed E-state index contributed by atoms with van der Waals surface area (Å²) < 4.78 is 10.6. The summed E-state index contributed by atoms with van der Waals surface area (Å²) in [4.78, 5) is 12.9. The van der Waals surface area contributed by atoms with Crippen molar-refractivity contribution in [2.24, 2.45) is 0 Å². The first-order valence-electron chi connectivity index (χ1n) is 8.53. The highest BCUT2D eigenvalue weighted by molar-refractivity contribution is 5.74. The number of aromatic nitrogens is 3. The van der Waals surface area contributed by atoms with Crippen LogP contribution in [0.3, 0.4) is 0 Å². The summed E-state index contributed by atoms with van der Waals surface area (Å²) >= 11 is 0. The van der Waals surface area contributed by atoms with Crippen LogP contribution in [0.1, 0.15) is 19.4 Å². The number of hydrogen-bond donors (Lipinski definition) is 1. The topological polar surface area (TPSA) is 86.5 Å². The molecule has 2 aromatic carbocycles. The van der Waals surface area contributed by atoms with E-state index < -0.39 is 12.3 Å². The Hall–Kier alpha value is -3.03. The maximum absolute atomic E-state index is 11.4. The molecular formula is C20H21N3O4. The average molecular weight is 367 g/mol. The second kappa shape index (κ2) is 8.11. The molecule has 7 heteroatoms. The van der Waals surface area contributed by atoms with Crippen molar-refractivity contribution in [1.29, 1.82) is 0 Å². The normalized spacial score (nSPS) is 12.1. The first-order chi connectivity index (χ1) is 12.9. The Morgan fingerprint density at radius 1 is 1.19 bits per heavy atom. The molecule has 0 radical (unpaired) electrons. The Kier molecular flexibility index (Phi) is 5.63. The lowest BCUT2D eigenvalue weighted by molar-refractivity contribution is -0.131. The lowest BCUT2D eigenvalue weighted by Gasteiger charge is -2.13. The van der Waals surface area contributed by atoms with Gasteiger partial charge in [-0.05, 0) is 48.7 Å². The molecule has 3 rings (SSSR count). The summed E-state index contributed by atoms with van der Waals surface area (Å²) in [5.41, 5.74) is 3.51. The molecule has 0 spiro atoms. The van der Waals surface area contributed by atoms with Crippen molar-refractivity contribution < 1.29 is 19.4 Å². The molecule has 1 heterocycles. The molecule has 0 bridgehead atoms. The molecule has 1 unspecified atom stereocenters. The van der Waals surface area contributed by atoms with Crippen LogP contribution in [0.15, 0.2) is 54.6 Å². The zero-order chi connectivity index (χ0) is 19.4. The molecule has 1 aromatic heterocycles. The molecule has 3 aromatic rings. The summed E-state index contributed by atoms with van der Waals surface area (Å²) in [7, 11) is 0. The molecule has 0 fully saturated rings. The maximum Gasteiger partial charge on any atom is 0.308 e. The third kappa shape index (κ3) is 4.58. The molecule has 140 valence electrons. The van der Waals surface area contributed by atoms with Crippen molar-refractivity contribution in [1.82, 2.24) is 15.0 Å². The van der Waals surface area contributed by atoms with Crippen molar-refractivity contribution in [2.75, 3.05) is 6.61 Å². The second-order valence-electron chi connectivity index (χ2n) is 6.19. The number of hydrogen-bond acceptors (Lipinski definition) is 6. The molecule has 0 aliphatic heterocycles. The number of carbonyl (C=O) groups is 1. The van der Waals surface area contributed by atoms with E-state index in [0.29, 0.717) is 30.0 Å². The van der Waals surface area contributed by atoms with Crippen molar-refractivity contribution in [3.05, 3.63) is 60.2 Å². The van der Waals surface area contributed by atoms with E-state index in [1.807, 2.05) is 36.4 Å². The first-order valence-corrected chi connectivity index (χ1v) is 8.53. The van der Waals surface area contributed by atoms with Crippen molar-refractivity contribution in [2.45, 2.75) is 26.6 Å². The van der Waals surface area contributed by atoms with Crippen LogP contribution in [-0.2, 0) is 16.0 Å². The highest BCUT2D eigenvalue weighted by Gasteiger charge is 2.13. The van der Waals surface area contributed by atoms with Gasteiger partial charge >= 0.3 is 5.97 Å². The third-order valence-electron chi connectivity index (χ3n) is 3.87. The van der Waals surface area contributed by atoms with Gasteiger partial charge in [0.25, 0.3) is 0 Å². The summed E-state index contributed by atoms with van der Waals surface area (Å²) in [5.74, 6) is -0.0527. The molecule has 0 aliphatic rings. The van der Waals surface area contributed by atoms with Crippen LogP contribution >= 0.6 is 0 Å². The lowest BCUT2D eigenvalue weighted by Crippen LogP contribution is -2.14. The molecule has 0 aliphatic carbocycles. The van der Waals surface area contributed by atoms with Gasteiger partial charge in [-0.2, -0.15) is 0 Å². The van der Waals surface area contributed by atoms with Crippen LogP contribution in [0.4, 0.5) is 0 Å². The van der Waals surface area contributed by atoms with E-state index in [0.717, 1.165) is 16.6 Å². The van der Waals surface area contributed by atoms with Gasteiger partial charge in [0.2, 0.25) is 0 Å². The molecule has 7 nitrogen and oxygen atoms in total. The predicted molar refractivity (Wildman–Crippen MR) is 101 cm³/mol. The second-order valence-corrected chi connectivity index (χ2v) is 6.19. The standard InChI is InChI=1S/C20H21N3O4/c1-13(2)20(25)26-11-10-15-8-9-19(27-14(3)24)18(12-15)23-21-16-6-4-5-7-17(16)22-23/h4-9,12,20,25H,1,10-11H2,2-3H3. The number of esters is 1. The lowest BCUT2D eigenvalue weighted by atomic mass is 10.1. The van der Waals surface area contributed by atoms with Crippen LogP contribution in [0, 0.1) is 0 Å². The summed E-state index contributed by atoms with van der Waals surface area (Å²) in [6.07, 6.45) is -0.429. The predicted octanol–water partition coefficient (Wildman–Crippen LogP) is 2.80. The number of carbonyl (C=O) groups excluding carboxylic acids is 1. The Morgan fingerprint density at radius 3 is 2.44 bits per heavy atom. The van der Waals surface area contributed by atoms with Gasteiger partial charge in [-0.25, -0.2) is 0 Å². The van der Waals surface area contributed by atoms with Crippen molar-refractivity contribution in [3.63, 3.8) is 0 Å². The monoisotopic (exact) mass is 367 g/mol. The molecule has 1 N–H and O–H groups in total. The number of aliphatic hydroxyl groups excluding tert-OH is 1. The number of benzene rings is 2. The van der Waals surface area contributed by atoms with Crippen LogP contribution < -0.4 is 4.74 Å². The summed E-state index contributed by atoms with van der Waals surface area (Å²) in [6.45, 7) is 7.01. The van der Waals surface area contributed by atoms with E-state index in [1.165, 1.54) is 11.7 Å². The van der Waals surface area contributed by atoms with Crippen LogP contribution in [-0.4, -0.2) is 39.0 Å². The third-order valence-corrected chi connectivity index (χ3v) is 3.87. The van der Waals surface area contributed by atoms with Gasteiger partial charge < -0.3 is 14.6 Å². The van der Waals surface area contributed by atoms with E-state index in [2.05, 4.69) is 16.8 Å². The van der Waals surface area contributed by atoms with Gasteiger partial charge in [0.05, 0.1) is 6.61 Å². The number of ether oxygens (including phenoxy) is 2. The van der Waals surface area contributed by atoms with Gasteiger partial charge in [-0.3, -0.25) is 4.79 Å². The minimum atomic E-state index is -0.983. The van der Waals surface area contributed by atoms with Crippen LogP contribution in [0.25, 0.3) is 16.7 Å². The fourth-order valence-corrected chi connectivity index (χ4v) is 2.51. The van der Waals surface area contributed by atoms with E-state index in [-0.39, 0.29) is 0 Å². The summed E-state index contributed by atoms with van der Waals surface area (Å²) in [6, 6.07) is 12.9. The fraction of sp³-hybridized carbons (Fsp3) is 0.250. The zero-order valence-electron chi connectivity index (χ0n) is 15.3. The van der Waals surface area contributed by atoms with E-state index in [4.69, 9.17) is 9.47 Å². The van der Waals surface area contributed by atoms with Crippen LogP contribution in [0.5, 0.6) is 5.75 Å². The van der Waals surface area contributed by atoms with Gasteiger partial charge in [0.1, 0.15) is 16.7 Å². The van der Waals surface area contributed by atoms with Crippen molar-refractivity contribution >= 4 is 17.0 Å². The van der Waals surface area contributed by atoms with Crippen molar-refractivity contribution in [3.8, 4) is 11.4 Å². The Bertz CT molecular complexity index is 947. The first kappa shape index (κ1) is 18.8. The Morgan fingerprint density at radius 2 is 1.85 bits per heavy atom. The van der Waals surface area contributed by atoms with Gasteiger partial charge in [-0.15, -0.1) is 15.0 Å². The van der Waals surface area contributed by atoms with Crippen LogP contribution in [0.2, 0.25) is 0 Å². The SMILES string of the molecule is C=C(C)C(O)OCCc1ccc(OC(C)=O)c(-n2nc3ccccc3n2)c1. The Balaban J connectivity index is 1.89. The zero-order valence-corrected chi connectivity index (χ0v) is 15.3. The molecule has 0 saturated carbocycles. The molecule has 0 saturated heterocycles. The number of rotatable bonds is 7. The van der Waals surface area contributed by atoms with E-state index in [1.54, 1.807) is 13.0 Å². The smallest absolute Gasteiger partial charge is 0.308 e. The van der Waals surface area contributed by atoms with Gasteiger partial charge in [0, 0.05) is 6.92 Å². The average Bonchev–Trinajstić information content (AvgIpc) is 3.06. The van der Waals surface area contributed by atoms with Gasteiger partial charge in [0.15, 0.2) is 12.0 Å². The number of fused-ring (bicyclic) bond motifs is 1. The number of aliphatic hydroxyl groups is 1. The molecule has 0 amide bonds. The quantitative estimate of drug-likeness (QED) is 0.299. The molecule has 1 atom stereocenters. The fourth-order valence-electron chi connectivity index (χ4n) is 2.51. The summed E-state index contributed by atoms with van der Waals surface area (Å²) in [5, 5.41) is 18.6. The molecular weight excluding hydrogens is 346 g/mol. The van der Waals surface area contributed by atoms with Gasteiger partial charge in [-0.1, -0.05) is 24.8 Å². The highest BCUT2D eigenvalue weighted by atomic mass is 16.6. The molecule has 27 heavy (non-hydrogen) atoms. The van der Waals surface area contributed by atoms with E-state index >= 15 is 0 Å². The minimum absolute atomic E-state index is 0.314. The van der Waals surface area contributed by atoms with E-state index in [9.17, 15) is 9.90 Å². The maximum atomic E-state index is 11.4. The Labute approximate surface area is 156 Å².